The Balaban J connectivity index is 1.16. The number of anilines is 2. The van der Waals surface area contributed by atoms with E-state index in [1.807, 2.05) is 30.1 Å². The number of aliphatic hydroxyl groups excluding tert-OH is 1. The van der Waals surface area contributed by atoms with Crippen LogP contribution in [-0.2, 0) is 24.3 Å². The topological polar surface area (TPSA) is 74.3 Å². The third-order valence-electron chi connectivity index (χ3n) is 8.45. The minimum Gasteiger partial charge on any atom is -0.395 e. The van der Waals surface area contributed by atoms with Gasteiger partial charge in [0.1, 0.15) is 0 Å². The zero-order valence-corrected chi connectivity index (χ0v) is 24.9. The van der Waals surface area contributed by atoms with Crippen LogP contribution in [0, 0.1) is 0 Å². The van der Waals surface area contributed by atoms with Crippen LogP contribution in [0.4, 0.5) is 11.4 Å². The molecule has 224 valence electrons. The summed E-state index contributed by atoms with van der Waals surface area (Å²) < 4.78 is 0. The van der Waals surface area contributed by atoms with Gasteiger partial charge in [-0.25, -0.2) is 0 Å². The molecule has 8 heteroatoms. The number of amides is 1. The summed E-state index contributed by atoms with van der Waals surface area (Å²) in [6, 6.07) is 27.4. The van der Waals surface area contributed by atoms with Gasteiger partial charge in [-0.1, -0.05) is 54.6 Å². The van der Waals surface area contributed by atoms with Gasteiger partial charge in [0, 0.05) is 90.4 Å². The maximum atomic E-state index is 13.8. The minimum atomic E-state index is -0.268. The summed E-state index contributed by atoms with van der Waals surface area (Å²) >= 11 is 0. The van der Waals surface area contributed by atoms with Gasteiger partial charge in [0.05, 0.1) is 12.6 Å². The molecule has 8 nitrogen and oxygen atoms in total. The first-order chi connectivity index (χ1) is 20.6. The number of carbonyl (C=O) groups excluding carboxylic acids is 1. The Morgan fingerprint density at radius 2 is 1.52 bits per heavy atom. The van der Waals surface area contributed by atoms with Gasteiger partial charge in [-0.15, -0.1) is 0 Å². The summed E-state index contributed by atoms with van der Waals surface area (Å²) in [6.45, 7) is 9.64. The molecule has 2 heterocycles. The van der Waals surface area contributed by atoms with Crippen molar-refractivity contribution >= 4 is 17.3 Å². The number of rotatable bonds is 12. The van der Waals surface area contributed by atoms with Crippen molar-refractivity contribution < 1.29 is 9.90 Å². The van der Waals surface area contributed by atoms with Crippen LogP contribution in [0.1, 0.15) is 16.7 Å². The summed E-state index contributed by atoms with van der Waals surface area (Å²) in [5.74, 6) is 0.187. The lowest BCUT2D eigenvalue weighted by Gasteiger charge is -2.36. The number of aliphatic hydroxyl groups is 1. The standard InChI is InChI=1S/C34H46N6O2/c1-37(23-24-41)31-11-9-30(10-12-31)27-38-19-21-40(22-20-38)34(42)33(25-28-5-3-2-4-6-28)36-26-29-7-13-32(14-8-29)39-17-15-35-16-18-39/h2-14,33,35-36,41H,15-27H2,1H3/t33-/m0/s1. The first-order valence-electron chi connectivity index (χ1n) is 15.3. The van der Waals surface area contributed by atoms with Crippen LogP contribution in [-0.4, -0.2) is 99.4 Å². The number of piperazine rings is 2. The summed E-state index contributed by atoms with van der Waals surface area (Å²) in [5.41, 5.74) is 6.00. The first-order valence-corrected chi connectivity index (χ1v) is 15.3. The lowest BCUT2D eigenvalue weighted by atomic mass is 10.0. The molecular weight excluding hydrogens is 524 g/mol. The second-order valence-electron chi connectivity index (χ2n) is 11.4. The number of nitrogens with one attached hydrogen (secondary N) is 2. The third-order valence-corrected chi connectivity index (χ3v) is 8.45. The molecule has 3 aromatic rings. The number of nitrogens with zero attached hydrogens (tertiary/aromatic N) is 4. The molecule has 0 spiro atoms. The van der Waals surface area contributed by atoms with Gasteiger partial charge >= 0.3 is 0 Å². The van der Waals surface area contributed by atoms with Gasteiger partial charge in [0.25, 0.3) is 0 Å². The summed E-state index contributed by atoms with van der Waals surface area (Å²) in [7, 11) is 1.99. The second-order valence-corrected chi connectivity index (χ2v) is 11.4. The quantitative estimate of drug-likeness (QED) is 0.309. The van der Waals surface area contributed by atoms with Crippen molar-refractivity contribution in [3.05, 3.63) is 95.6 Å². The third kappa shape index (κ3) is 8.32. The van der Waals surface area contributed by atoms with Crippen molar-refractivity contribution in [2.75, 3.05) is 82.4 Å². The molecule has 3 aromatic carbocycles. The van der Waals surface area contributed by atoms with Crippen molar-refractivity contribution in [3.8, 4) is 0 Å². The van der Waals surface area contributed by atoms with Crippen LogP contribution in [0.15, 0.2) is 78.9 Å². The zero-order chi connectivity index (χ0) is 29.1. The van der Waals surface area contributed by atoms with E-state index in [4.69, 9.17) is 0 Å². The van der Waals surface area contributed by atoms with Crippen molar-refractivity contribution in [1.82, 2.24) is 20.4 Å². The molecule has 2 aliphatic rings. The smallest absolute Gasteiger partial charge is 0.240 e. The summed E-state index contributed by atoms with van der Waals surface area (Å²) in [4.78, 5) is 22.8. The normalized spacial score (nSPS) is 16.8. The highest BCUT2D eigenvalue weighted by Crippen LogP contribution is 2.18. The molecule has 2 fully saturated rings. The van der Waals surface area contributed by atoms with Crippen molar-refractivity contribution in [3.63, 3.8) is 0 Å². The van der Waals surface area contributed by atoms with E-state index in [-0.39, 0.29) is 18.6 Å². The maximum Gasteiger partial charge on any atom is 0.240 e. The van der Waals surface area contributed by atoms with E-state index in [2.05, 4.69) is 86.0 Å². The van der Waals surface area contributed by atoms with E-state index in [1.54, 1.807) is 0 Å². The highest BCUT2D eigenvalue weighted by atomic mass is 16.3. The van der Waals surface area contributed by atoms with Gasteiger partial charge in [0.15, 0.2) is 0 Å². The molecule has 5 rings (SSSR count). The van der Waals surface area contributed by atoms with E-state index in [1.165, 1.54) is 22.4 Å². The molecule has 0 radical (unpaired) electrons. The van der Waals surface area contributed by atoms with Crippen LogP contribution in [0.3, 0.4) is 0 Å². The summed E-state index contributed by atoms with van der Waals surface area (Å²) in [6.07, 6.45) is 0.676. The van der Waals surface area contributed by atoms with E-state index < -0.39 is 0 Å². The van der Waals surface area contributed by atoms with Crippen molar-refractivity contribution in [2.45, 2.75) is 25.6 Å². The Hall–Kier alpha value is -3.43. The highest BCUT2D eigenvalue weighted by molar-refractivity contribution is 5.82. The first kappa shape index (κ1) is 30.0. The number of benzene rings is 3. The van der Waals surface area contributed by atoms with E-state index in [9.17, 15) is 9.90 Å². The molecule has 3 N–H and O–H groups in total. The van der Waals surface area contributed by atoms with Gasteiger partial charge in [0.2, 0.25) is 5.91 Å². The molecule has 2 aliphatic heterocycles. The molecule has 42 heavy (non-hydrogen) atoms. The Kier molecular flexibility index (Phi) is 10.8. The number of hydrogen-bond donors (Lipinski definition) is 3. The van der Waals surface area contributed by atoms with Crippen molar-refractivity contribution in [2.24, 2.45) is 0 Å². The molecule has 1 atom stereocenters. The number of hydrogen-bond acceptors (Lipinski definition) is 7. The molecule has 0 aromatic heterocycles. The monoisotopic (exact) mass is 570 g/mol. The largest absolute Gasteiger partial charge is 0.395 e. The van der Waals surface area contributed by atoms with Crippen LogP contribution in [0.5, 0.6) is 0 Å². The zero-order valence-electron chi connectivity index (χ0n) is 24.9. The number of carbonyl (C=O) groups is 1. The Labute approximate surface area is 250 Å². The average molecular weight is 571 g/mol. The van der Waals surface area contributed by atoms with Gasteiger partial charge in [-0.3, -0.25) is 9.69 Å². The van der Waals surface area contributed by atoms with Gasteiger partial charge < -0.3 is 30.4 Å². The van der Waals surface area contributed by atoms with Crippen molar-refractivity contribution in [1.29, 1.82) is 0 Å². The SMILES string of the molecule is CN(CCO)c1ccc(CN2CCN(C(=O)[C@H](Cc3ccccc3)NCc3ccc(N4CCNCC4)cc3)CC2)cc1. The molecule has 0 bridgehead atoms. The highest BCUT2D eigenvalue weighted by Gasteiger charge is 2.27. The number of likely N-dealkylation sites (N-methyl/N-ethyl adjacent to an activating group) is 1. The molecular formula is C34H46N6O2. The predicted molar refractivity (Wildman–Crippen MR) is 171 cm³/mol. The van der Waals surface area contributed by atoms with Crippen LogP contribution in [0.2, 0.25) is 0 Å². The molecule has 1 amide bonds. The van der Waals surface area contributed by atoms with Crippen LogP contribution in [0.25, 0.3) is 0 Å². The van der Waals surface area contributed by atoms with E-state index >= 15 is 0 Å². The molecule has 0 aliphatic carbocycles. The van der Waals surface area contributed by atoms with E-state index in [0.29, 0.717) is 19.5 Å². The fourth-order valence-electron chi connectivity index (χ4n) is 5.83. The lowest BCUT2D eigenvalue weighted by Crippen LogP contribution is -2.54. The van der Waals surface area contributed by atoms with Gasteiger partial charge in [-0.2, -0.15) is 0 Å². The Morgan fingerprint density at radius 1 is 0.857 bits per heavy atom. The predicted octanol–water partition coefficient (Wildman–Crippen LogP) is 2.57. The second kappa shape index (κ2) is 15.2. The molecule has 0 unspecified atom stereocenters. The molecule has 0 saturated carbocycles. The maximum absolute atomic E-state index is 13.8. The lowest BCUT2D eigenvalue weighted by molar-refractivity contribution is -0.135. The average Bonchev–Trinajstić information content (AvgIpc) is 3.05. The van der Waals surface area contributed by atoms with Gasteiger partial charge in [-0.05, 0) is 47.4 Å². The summed E-state index contributed by atoms with van der Waals surface area (Å²) in [5, 5.41) is 16.2. The minimum absolute atomic E-state index is 0.146. The van der Waals surface area contributed by atoms with Crippen LogP contribution < -0.4 is 20.4 Å². The fraction of sp³-hybridized carbons (Fsp3) is 0.441. The molecule has 2 saturated heterocycles. The fourth-order valence-corrected chi connectivity index (χ4v) is 5.83. The Morgan fingerprint density at radius 3 is 2.19 bits per heavy atom. The van der Waals surface area contributed by atoms with E-state index in [0.717, 1.165) is 64.6 Å². The Bertz CT molecular complexity index is 1220. The van der Waals surface area contributed by atoms with Crippen LogP contribution >= 0.6 is 0 Å².